The summed E-state index contributed by atoms with van der Waals surface area (Å²) in [6.45, 7) is 0. The van der Waals surface area contributed by atoms with Gasteiger partial charge in [0, 0.05) is 51.1 Å². The molecule has 4 nitrogen and oxygen atoms in total. The van der Waals surface area contributed by atoms with Crippen molar-refractivity contribution < 1.29 is 0 Å². The fourth-order valence-electron chi connectivity index (χ4n) is 8.79. The highest BCUT2D eigenvalue weighted by Gasteiger charge is 2.29. The third-order valence-electron chi connectivity index (χ3n) is 11.1. The van der Waals surface area contributed by atoms with Gasteiger partial charge in [0.15, 0.2) is 0 Å². The molecule has 0 radical (unpaired) electrons. The molecular formula is C49H34N4. The van der Waals surface area contributed by atoms with E-state index in [2.05, 4.69) is 203 Å². The Balaban J connectivity index is 1.12. The number of aromatic nitrogens is 2. The Morgan fingerprint density at radius 3 is 1.92 bits per heavy atom. The number of rotatable bonds is 4. The van der Waals surface area contributed by atoms with Gasteiger partial charge in [0.1, 0.15) is 5.84 Å². The van der Waals surface area contributed by atoms with E-state index in [1.807, 2.05) is 0 Å². The van der Waals surface area contributed by atoms with Gasteiger partial charge >= 0.3 is 0 Å². The summed E-state index contributed by atoms with van der Waals surface area (Å²) < 4.78 is 4.85. The smallest absolute Gasteiger partial charge is 0.137 e. The van der Waals surface area contributed by atoms with Gasteiger partial charge in [0.2, 0.25) is 0 Å². The molecule has 4 heteroatoms. The van der Waals surface area contributed by atoms with Crippen LogP contribution in [0.15, 0.2) is 187 Å². The number of fused-ring (bicyclic) bond motifs is 9. The van der Waals surface area contributed by atoms with Crippen LogP contribution in [-0.4, -0.2) is 26.9 Å². The monoisotopic (exact) mass is 678 g/mol. The number of para-hydroxylation sites is 3. The van der Waals surface area contributed by atoms with E-state index in [-0.39, 0.29) is 6.04 Å². The molecule has 2 aromatic heterocycles. The molecule has 0 fully saturated rings. The van der Waals surface area contributed by atoms with Crippen LogP contribution in [0.3, 0.4) is 0 Å². The molecule has 10 aromatic rings. The predicted molar refractivity (Wildman–Crippen MR) is 221 cm³/mol. The Bertz CT molecular complexity index is 3060. The molecule has 250 valence electrons. The molecule has 0 saturated heterocycles. The zero-order chi connectivity index (χ0) is 35.0. The SMILES string of the molecule is CN1C(c2ccc(-n3c4ccccc4c4cc5c6c7ccccc7ccc6n(-c6ccccc6)c5cc43)cc2)=Nc2ccccc2C1c1ccccc1. The summed E-state index contributed by atoms with van der Waals surface area (Å²) in [6, 6.07) is 66.0. The van der Waals surface area contributed by atoms with Crippen molar-refractivity contribution in [2.75, 3.05) is 7.05 Å². The predicted octanol–water partition coefficient (Wildman–Crippen LogP) is 12.1. The third-order valence-corrected chi connectivity index (χ3v) is 11.1. The molecule has 0 spiro atoms. The summed E-state index contributed by atoms with van der Waals surface area (Å²) in [5.74, 6) is 0.965. The van der Waals surface area contributed by atoms with E-state index in [0.717, 1.165) is 28.5 Å². The van der Waals surface area contributed by atoms with E-state index in [0.29, 0.717) is 0 Å². The maximum atomic E-state index is 5.21. The fraction of sp³-hybridized carbons (Fsp3) is 0.0408. The lowest BCUT2D eigenvalue weighted by Gasteiger charge is -2.36. The molecule has 0 N–H and O–H groups in total. The molecule has 1 unspecified atom stereocenters. The van der Waals surface area contributed by atoms with Crippen LogP contribution < -0.4 is 0 Å². The van der Waals surface area contributed by atoms with Gasteiger partial charge in [-0.15, -0.1) is 0 Å². The average molecular weight is 679 g/mol. The van der Waals surface area contributed by atoms with Crippen molar-refractivity contribution >= 4 is 65.9 Å². The topological polar surface area (TPSA) is 25.5 Å². The molecule has 8 aromatic carbocycles. The highest BCUT2D eigenvalue weighted by atomic mass is 15.2. The van der Waals surface area contributed by atoms with Crippen molar-refractivity contribution in [3.63, 3.8) is 0 Å². The van der Waals surface area contributed by atoms with Crippen molar-refractivity contribution in [3.05, 3.63) is 199 Å². The van der Waals surface area contributed by atoms with Crippen LogP contribution in [0, 0.1) is 0 Å². The summed E-state index contributed by atoms with van der Waals surface area (Å²) in [7, 11) is 2.16. The van der Waals surface area contributed by atoms with Gasteiger partial charge in [-0.2, -0.15) is 0 Å². The fourth-order valence-corrected chi connectivity index (χ4v) is 8.79. The highest BCUT2D eigenvalue weighted by Crippen LogP contribution is 2.43. The maximum absolute atomic E-state index is 5.21. The summed E-state index contributed by atoms with van der Waals surface area (Å²) in [6.07, 6.45) is 0. The first-order valence-corrected chi connectivity index (χ1v) is 18.2. The van der Waals surface area contributed by atoms with Gasteiger partial charge < -0.3 is 14.0 Å². The lowest BCUT2D eigenvalue weighted by atomic mass is 9.93. The number of amidine groups is 1. The molecule has 0 amide bonds. The average Bonchev–Trinajstić information content (AvgIpc) is 3.72. The maximum Gasteiger partial charge on any atom is 0.137 e. The number of hydrogen-bond acceptors (Lipinski definition) is 2. The Hall–Kier alpha value is -6.91. The van der Waals surface area contributed by atoms with Crippen LogP contribution in [0.2, 0.25) is 0 Å². The van der Waals surface area contributed by atoms with E-state index in [9.17, 15) is 0 Å². The Morgan fingerprint density at radius 2 is 1.09 bits per heavy atom. The Morgan fingerprint density at radius 1 is 0.453 bits per heavy atom. The largest absolute Gasteiger partial charge is 0.348 e. The highest BCUT2D eigenvalue weighted by molar-refractivity contribution is 6.25. The van der Waals surface area contributed by atoms with Crippen molar-refractivity contribution in [2.24, 2.45) is 4.99 Å². The van der Waals surface area contributed by atoms with E-state index in [1.54, 1.807) is 0 Å². The minimum Gasteiger partial charge on any atom is -0.348 e. The quantitative estimate of drug-likeness (QED) is 0.182. The van der Waals surface area contributed by atoms with E-state index < -0.39 is 0 Å². The molecule has 1 aliphatic rings. The summed E-state index contributed by atoms with van der Waals surface area (Å²) in [5.41, 5.74) is 11.6. The number of nitrogens with zero attached hydrogens (tertiary/aromatic N) is 4. The second-order valence-corrected chi connectivity index (χ2v) is 14.1. The van der Waals surface area contributed by atoms with Crippen molar-refractivity contribution in [2.45, 2.75) is 6.04 Å². The summed E-state index contributed by atoms with van der Waals surface area (Å²) in [5, 5.41) is 7.57. The summed E-state index contributed by atoms with van der Waals surface area (Å²) >= 11 is 0. The van der Waals surface area contributed by atoms with Crippen LogP contribution >= 0.6 is 0 Å². The third kappa shape index (κ3) is 4.45. The van der Waals surface area contributed by atoms with Gasteiger partial charge in [-0.25, -0.2) is 4.99 Å². The number of benzene rings is 8. The van der Waals surface area contributed by atoms with E-state index in [4.69, 9.17) is 4.99 Å². The molecular weight excluding hydrogens is 645 g/mol. The zero-order valence-corrected chi connectivity index (χ0v) is 29.2. The lowest BCUT2D eigenvalue weighted by Crippen LogP contribution is -2.35. The van der Waals surface area contributed by atoms with Crippen LogP contribution in [0.4, 0.5) is 5.69 Å². The van der Waals surface area contributed by atoms with Gasteiger partial charge in [0.25, 0.3) is 0 Å². The van der Waals surface area contributed by atoms with Crippen LogP contribution in [0.1, 0.15) is 22.7 Å². The number of hydrogen-bond donors (Lipinski definition) is 0. The molecule has 11 rings (SSSR count). The normalized spacial score (nSPS) is 14.4. The van der Waals surface area contributed by atoms with Crippen LogP contribution in [-0.2, 0) is 0 Å². The van der Waals surface area contributed by atoms with Crippen molar-refractivity contribution in [3.8, 4) is 11.4 Å². The van der Waals surface area contributed by atoms with Gasteiger partial charge in [-0.05, 0) is 83.1 Å². The molecule has 1 aliphatic heterocycles. The van der Waals surface area contributed by atoms with Crippen LogP contribution in [0.5, 0.6) is 0 Å². The minimum absolute atomic E-state index is 0.0767. The molecule has 0 bridgehead atoms. The molecule has 3 heterocycles. The van der Waals surface area contributed by atoms with Gasteiger partial charge in [-0.1, -0.05) is 115 Å². The lowest BCUT2D eigenvalue weighted by molar-refractivity contribution is 0.422. The Kier molecular flexibility index (Phi) is 6.49. The van der Waals surface area contributed by atoms with Crippen LogP contribution in [0.25, 0.3) is 65.8 Å². The molecule has 53 heavy (non-hydrogen) atoms. The Labute approximate surface area is 307 Å². The van der Waals surface area contributed by atoms with E-state index >= 15 is 0 Å². The first kappa shape index (κ1) is 29.8. The molecule has 1 atom stereocenters. The zero-order valence-electron chi connectivity index (χ0n) is 29.2. The van der Waals surface area contributed by atoms with Gasteiger partial charge in [-0.3, -0.25) is 0 Å². The second-order valence-electron chi connectivity index (χ2n) is 14.1. The van der Waals surface area contributed by atoms with Crippen molar-refractivity contribution in [1.29, 1.82) is 0 Å². The molecule has 0 aliphatic carbocycles. The van der Waals surface area contributed by atoms with E-state index in [1.165, 1.54) is 65.5 Å². The number of aliphatic imine (C=N–C) groups is 1. The van der Waals surface area contributed by atoms with Crippen molar-refractivity contribution in [1.82, 2.24) is 14.0 Å². The second kappa shape index (κ2) is 11.6. The first-order chi connectivity index (χ1) is 26.2. The summed E-state index contributed by atoms with van der Waals surface area (Å²) in [4.78, 5) is 7.53. The minimum atomic E-state index is 0.0767. The standard InChI is InChI=1S/C49H34N4/c1-51-48(33-15-4-2-5-16-33)39-21-10-12-22-42(39)50-49(51)34-24-27-36(28-25-34)52-43-23-13-11-20-38(43)40-30-41-46(31-45(40)52)53(35-17-6-3-7-18-35)44-29-26-32-14-8-9-19-37(32)47(41)44/h2-31,48H,1H3. The van der Waals surface area contributed by atoms with Gasteiger partial charge in [0.05, 0.1) is 33.8 Å². The molecule has 0 saturated carbocycles. The first-order valence-electron chi connectivity index (χ1n) is 18.2.